The number of carbonyl (C=O) groups is 2. The van der Waals surface area contributed by atoms with Gasteiger partial charge in [0, 0.05) is 49.5 Å². The molecular formula is C24H23Cl3N8O3S. The first-order chi connectivity index (χ1) is 18.7. The van der Waals surface area contributed by atoms with Gasteiger partial charge < -0.3 is 26.0 Å². The summed E-state index contributed by atoms with van der Waals surface area (Å²) < 4.78 is 5.39. The van der Waals surface area contributed by atoms with Crippen LogP contribution < -0.4 is 26.4 Å². The van der Waals surface area contributed by atoms with E-state index in [2.05, 4.69) is 25.9 Å². The lowest BCUT2D eigenvalue weighted by Gasteiger charge is -2.23. The van der Waals surface area contributed by atoms with E-state index in [-0.39, 0.29) is 44.3 Å². The number of rotatable bonds is 9. The Kier molecular flexibility index (Phi) is 10.7. The van der Waals surface area contributed by atoms with Crippen LogP contribution in [0.5, 0.6) is 5.75 Å². The number of nitrogens with two attached hydrogens (primary N) is 1. The van der Waals surface area contributed by atoms with Crippen LogP contribution >= 0.6 is 46.1 Å². The number of amides is 2. The summed E-state index contributed by atoms with van der Waals surface area (Å²) in [4.78, 5) is 36.5. The molecule has 39 heavy (non-hydrogen) atoms. The van der Waals surface area contributed by atoms with E-state index in [0.717, 1.165) is 11.3 Å². The summed E-state index contributed by atoms with van der Waals surface area (Å²) in [5, 5.41) is 19.4. The molecule has 0 atom stereocenters. The fourth-order valence-corrected chi connectivity index (χ4v) is 5.01. The van der Waals surface area contributed by atoms with Crippen LogP contribution in [-0.2, 0) is 6.54 Å². The summed E-state index contributed by atoms with van der Waals surface area (Å²) in [5.41, 5.74) is 6.47. The van der Waals surface area contributed by atoms with Gasteiger partial charge in [0.1, 0.15) is 16.4 Å². The van der Waals surface area contributed by atoms with Crippen molar-refractivity contribution in [1.82, 2.24) is 15.2 Å². The van der Waals surface area contributed by atoms with Gasteiger partial charge in [0.25, 0.3) is 11.8 Å². The van der Waals surface area contributed by atoms with Crippen LogP contribution in [0.4, 0.5) is 11.5 Å². The molecule has 0 spiro atoms. The van der Waals surface area contributed by atoms with E-state index in [1.807, 2.05) is 6.19 Å². The lowest BCUT2D eigenvalue weighted by Crippen LogP contribution is -2.41. The molecule has 11 nitrogen and oxygen atoms in total. The van der Waals surface area contributed by atoms with Gasteiger partial charge in [-0.05, 0) is 23.6 Å². The molecule has 1 aromatic carbocycles. The molecule has 2 amide bonds. The molecule has 2 aromatic heterocycles. The number of carbonyl (C=O) groups excluding carboxylic acids is 2. The first kappa shape index (κ1) is 29.9. The van der Waals surface area contributed by atoms with Crippen LogP contribution in [0.15, 0.2) is 40.8 Å². The third kappa shape index (κ3) is 7.50. The zero-order chi connectivity index (χ0) is 28.5. The normalized spacial score (nSPS) is 10.9. The van der Waals surface area contributed by atoms with Crippen molar-refractivity contribution in [3.05, 3.63) is 66.9 Å². The Morgan fingerprint density at radius 3 is 2.59 bits per heavy atom. The van der Waals surface area contributed by atoms with E-state index in [1.165, 1.54) is 38.6 Å². The molecule has 3 aromatic rings. The number of guanidine groups is 1. The number of methoxy groups -OCH3 is 1. The number of nitriles is 1. The SMILES string of the molecule is CN=C(NC#N)N(CCN)Cc1csc(C(=O)Nc2c(OC)cc(Cl)cc2C(=O)Nc2ccc(Cl)cn2)c1Cl. The predicted molar refractivity (Wildman–Crippen MR) is 154 cm³/mol. The maximum absolute atomic E-state index is 13.3. The zero-order valence-electron chi connectivity index (χ0n) is 20.7. The Morgan fingerprint density at radius 2 is 1.97 bits per heavy atom. The molecule has 0 aliphatic heterocycles. The molecule has 0 unspecified atom stereocenters. The molecule has 0 radical (unpaired) electrons. The van der Waals surface area contributed by atoms with Crippen LogP contribution in [0.1, 0.15) is 25.6 Å². The first-order valence-corrected chi connectivity index (χ1v) is 13.2. The van der Waals surface area contributed by atoms with Gasteiger partial charge in [-0.15, -0.1) is 11.3 Å². The second-order valence-corrected chi connectivity index (χ2v) is 9.83. The number of aromatic nitrogens is 1. The molecule has 0 bridgehead atoms. The number of halogens is 3. The van der Waals surface area contributed by atoms with Gasteiger partial charge in [0.15, 0.2) is 6.19 Å². The third-order valence-electron chi connectivity index (χ3n) is 5.18. The topological polar surface area (TPSA) is 158 Å². The maximum atomic E-state index is 13.3. The molecule has 0 aliphatic rings. The Morgan fingerprint density at radius 1 is 1.21 bits per heavy atom. The smallest absolute Gasteiger partial charge is 0.267 e. The molecule has 0 saturated heterocycles. The van der Waals surface area contributed by atoms with Crippen molar-refractivity contribution in [3.63, 3.8) is 0 Å². The van der Waals surface area contributed by atoms with Gasteiger partial charge in [-0.2, -0.15) is 5.26 Å². The van der Waals surface area contributed by atoms with Gasteiger partial charge in [-0.25, -0.2) is 4.98 Å². The predicted octanol–water partition coefficient (Wildman–Crippen LogP) is 4.43. The maximum Gasteiger partial charge on any atom is 0.267 e. The lowest BCUT2D eigenvalue weighted by molar-refractivity contribution is 0.102. The number of hydrogen-bond acceptors (Lipinski definition) is 8. The number of benzene rings is 1. The van der Waals surface area contributed by atoms with Gasteiger partial charge >= 0.3 is 0 Å². The van der Waals surface area contributed by atoms with Crippen molar-refractivity contribution in [3.8, 4) is 11.9 Å². The molecule has 2 heterocycles. The number of anilines is 2. The quantitative estimate of drug-likeness (QED) is 0.120. The monoisotopic (exact) mass is 608 g/mol. The van der Waals surface area contributed by atoms with Crippen molar-refractivity contribution in [2.75, 3.05) is 37.9 Å². The van der Waals surface area contributed by atoms with Crippen LogP contribution in [-0.4, -0.2) is 54.9 Å². The largest absolute Gasteiger partial charge is 0.494 e. The summed E-state index contributed by atoms with van der Waals surface area (Å²) in [6.07, 6.45) is 3.22. The van der Waals surface area contributed by atoms with Crippen LogP contribution in [0.2, 0.25) is 15.1 Å². The van der Waals surface area contributed by atoms with Gasteiger partial charge in [-0.1, -0.05) is 34.8 Å². The van der Waals surface area contributed by atoms with Gasteiger partial charge in [-0.3, -0.25) is 19.9 Å². The number of pyridine rings is 1. The molecule has 204 valence electrons. The molecule has 0 saturated carbocycles. The number of aliphatic imine (C=N–C) groups is 1. The second-order valence-electron chi connectivity index (χ2n) is 7.70. The summed E-state index contributed by atoms with van der Waals surface area (Å²) >= 11 is 19.8. The van der Waals surface area contributed by atoms with Crippen LogP contribution in [0.25, 0.3) is 0 Å². The van der Waals surface area contributed by atoms with E-state index >= 15 is 0 Å². The molecule has 5 N–H and O–H groups in total. The van der Waals surface area contributed by atoms with Crippen molar-refractivity contribution in [2.45, 2.75) is 6.54 Å². The fourth-order valence-electron chi connectivity index (χ4n) is 3.44. The van der Waals surface area contributed by atoms with Crippen molar-refractivity contribution >= 4 is 75.4 Å². The summed E-state index contributed by atoms with van der Waals surface area (Å²) in [5.74, 6) is -0.436. The van der Waals surface area contributed by atoms with Crippen LogP contribution in [0, 0.1) is 11.5 Å². The first-order valence-electron chi connectivity index (χ1n) is 11.2. The summed E-state index contributed by atoms with van der Waals surface area (Å²) in [6.45, 7) is 0.930. The Hall–Kier alpha value is -3.60. The highest BCUT2D eigenvalue weighted by molar-refractivity contribution is 7.13. The average molecular weight is 610 g/mol. The lowest BCUT2D eigenvalue weighted by atomic mass is 10.1. The Labute approximate surface area is 243 Å². The van der Waals surface area contributed by atoms with Crippen LogP contribution in [0.3, 0.4) is 0 Å². The van der Waals surface area contributed by atoms with E-state index < -0.39 is 11.8 Å². The summed E-state index contributed by atoms with van der Waals surface area (Å²) in [7, 11) is 2.92. The second kappa shape index (κ2) is 14.0. The minimum Gasteiger partial charge on any atom is -0.494 e. The van der Waals surface area contributed by atoms with E-state index in [4.69, 9.17) is 50.5 Å². The van der Waals surface area contributed by atoms with Gasteiger partial charge in [0.05, 0.1) is 28.4 Å². The number of nitrogens with one attached hydrogen (secondary N) is 3. The highest BCUT2D eigenvalue weighted by Crippen LogP contribution is 2.35. The van der Waals surface area contributed by atoms with E-state index in [9.17, 15) is 9.59 Å². The van der Waals surface area contributed by atoms with E-state index in [1.54, 1.807) is 16.3 Å². The number of nitrogens with zero attached hydrogens (tertiary/aromatic N) is 4. The number of ether oxygens (including phenoxy) is 1. The highest BCUT2D eigenvalue weighted by atomic mass is 35.5. The third-order valence-corrected chi connectivity index (χ3v) is 7.20. The molecule has 15 heteroatoms. The fraction of sp³-hybridized carbons (Fsp3) is 0.208. The van der Waals surface area contributed by atoms with E-state index in [0.29, 0.717) is 29.6 Å². The van der Waals surface area contributed by atoms with Crippen molar-refractivity contribution < 1.29 is 14.3 Å². The molecule has 3 rings (SSSR count). The molecule has 0 aliphatic carbocycles. The number of thiophene rings is 1. The standard InChI is InChI=1S/C24H23Cl3N8O3S/c1-30-24(32-12-29)35(6-5-28)10-13-11-39-21(19(13)27)23(37)34-20-16(7-15(26)8-17(20)38-2)22(36)33-18-4-3-14(25)9-31-18/h3-4,7-9,11H,5-6,10,28H2,1-2H3,(H,30,32)(H,34,37)(H,31,33,36). The Bertz CT molecular complexity index is 1420. The molecule has 0 fully saturated rings. The number of hydrogen-bond donors (Lipinski definition) is 4. The minimum absolute atomic E-state index is 0.0397. The van der Waals surface area contributed by atoms with Gasteiger partial charge in [0.2, 0.25) is 5.96 Å². The highest BCUT2D eigenvalue weighted by Gasteiger charge is 2.24. The van der Waals surface area contributed by atoms with Crippen molar-refractivity contribution in [2.24, 2.45) is 10.7 Å². The average Bonchev–Trinajstić information content (AvgIpc) is 3.28. The summed E-state index contributed by atoms with van der Waals surface area (Å²) in [6, 6.07) is 5.96. The zero-order valence-corrected chi connectivity index (χ0v) is 23.8. The molecular weight excluding hydrogens is 587 g/mol. The minimum atomic E-state index is -0.590. The Balaban J connectivity index is 1.89. The van der Waals surface area contributed by atoms with Crippen molar-refractivity contribution in [1.29, 1.82) is 5.26 Å².